The fourth-order valence-corrected chi connectivity index (χ4v) is 3.49. The minimum Gasteiger partial charge on any atom is -0.371 e. The number of anilines is 1. The lowest BCUT2D eigenvalue weighted by Gasteiger charge is -2.33. The molecule has 1 aromatic rings. The van der Waals surface area contributed by atoms with Crippen LogP contribution in [0.15, 0.2) is 24.3 Å². The standard InChI is InChI=1S/C17H23NO/c19-17-11-3-1-2-8-15(17)13-18-12-6-9-14-7-4-5-10-16(14)18/h4-5,7,10,15H,1-3,6,8-9,11-13H2. The van der Waals surface area contributed by atoms with Crippen LogP contribution in [0.3, 0.4) is 0 Å². The lowest BCUT2D eigenvalue weighted by Crippen LogP contribution is -2.36. The first-order chi connectivity index (χ1) is 9.34. The molecule has 0 aromatic heterocycles. The number of hydrogen-bond acceptors (Lipinski definition) is 2. The molecule has 19 heavy (non-hydrogen) atoms. The van der Waals surface area contributed by atoms with Crippen molar-refractivity contribution in [2.75, 3.05) is 18.0 Å². The molecule has 1 aliphatic carbocycles. The smallest absolute Gasteiger partial charge is 0.137 e. The second kappa shape index (κ2) is 5.77. The molecule has 1 saturated carbocycles. The van der Waals surface area contributed by atoms with Gasteiger partial charge in [-0.1, -0.05) is 31.0 Å². The van der Waals surface area contributed by atoms with Gasteiger partial charge in [0, 0.05) is 31.1 Å². The molecule has 1 unspecified atom stereocenters. The summed E-state index contributed by atoms with van der Waals surface area (Å²) in [4.78, 5) is 14.6. The number of carbonyl (C=O) groups excluding carboxylic acids is 1. The minimum atomic E-state index is 0.272. The number of hydrogen-bond donors (Lipinski definition) is 0. The molecule has 0 N–H and O–H groups in total. The van der Waals surface area contributed by atoms with Crippen molar-refractivity contribution in [2.45, 2.75) is 44.9 Å². The van der Waals surface area contributed by atoms with Crippen molar-refractivity contribution in [3.05, 3.63) is 29.8 Å². The number of Topliss-reactive ketones (excluding diaryl/α,β-unsaturated/α-hetero) is 1. The molecule has 1 aromatic carbocycles. The van der Waals surface area contributed by atoms with Crippen LogP contribution < -0.4 is 4.90 Å². The third-order valence-electron chi connectivity index (χ3n) is 4.58. The molecular formula is C17H23NO. The Bertz CT molecular complexity index is 454. The summed E-state index contributed by atoms with van der Waals surface area (Å²) < 4.78 is 0. The minimum absolute atomic E-state index is 0.272. The quantitative estimate of drug-likeness (QED) is 0.755. The summed E-state index contributed by atoms with van der Waals surface area (Å²) in [5.74, 6) is 0.772. The van der Waals surface area contributed by atoms with Crippen molar-refractivity contribution >= 4 is 11.5 Å². The van der Waals surface area contributed by atoms with Gasteiger partial charge in [0.1, 0.15) is 5.78 Å². The van der Waals surface area contributed by atoms with Crippen LogP contribution in [0.4, 0.5) is 5.69 Å². The predicted molar refractivity (Wildman–Crippen MR) is 78.6 cm³/mol. The second-order valence-corrected chi connectivity index (χ2v) is 5.94. The lowest BCUT2D eigenvalue weighted by atomic mass is 9.95. The van der Waals surface area contributed by atoms with E-state index >= 15 is 0 Å². The maximum Gasteiger partial charge on any atom is 0.137 e. The lowest BCUT2D eigenvalue weighted by molar-refractivity contribution is -0.122. The Morgan fingerprint density at radius 2 is 1.95 bits per heavy atom. The summed E-state index contributed by atoms with van der Waals surface area (Å²) in [6.07, 6.45) is 7.87. The van der Waals surface area contributed by atoms with Crippen LogP contribution in [-0.4, -0.2) is 18.9 Å². The molecule has 2 heteroatoms. The highest BCUT2D eigenvalue weighted by Crippen LogP contribution is 2.29. The zero-order valence-electron chi connectivity index (χ0n) is 11.6. The zero-order valence-corrected chi connectivity index (χ0v) is 11.6. The number of nitrogens with zero attached hydrogens (tertiary/aromatic N) is 1. The SMILES string of the molecule is O=C1CCCCCC1CN1CCCc2ccccc21. The van der Waals surface area contributed by atoms with Crippen LogP contribution in [0, 0.1) is 5.92 Å². The van der Waals surface area contributed by atoms with E-state index in [-0.39, 0.29) is 5.92 Å². The monoisotopic (exact) mass is 257 g/mol. The van der Waals surface area contributed by atoms with E-state index in [4.69, 9.17) is 0 Å². The van der Waals surface area contributed by atoms with E-state index in [0.717, 1.165) is 32.4 Å². The third-order valence-corrected chi connectivity index (χ3v) is 4.58. The van der Waals surface area contributed by atoms with Gasteiger partial charge in [-0.2, -0.15) is 0 Å². The molecule has 0 saturated heterocycles. The number of rotatable bonds is 2. The Balaban J connectivity index is 1.75. The first-order valence-electron chi connectivity index (χ1n) is 7.70. The summed E-state index contributed by atoms with van der Waals surface area (Å²) in [5, 5.41) is 0. The van der Waals surface area contributed by atoms with Gasteiger partial charge in [-0.15, -0.1) is 0 Å². The van der Waals surface area contributed by atoms with Gasteiger partial charge in [-0.3, -0.25) is 4.79 Å². The Hall–Kier alpha value is -1.31. The van der Waals surface area contributed by atoms with E-state index in [2.05, 4.69) is 29.2 Å². The van der Waals surface area contributed by atoms with Gasteiger partial charge in [0.15, 0.2) is 0 Å². The van der Waals surface area contributed by atoms with Crippen LogP contribution in [0.1, 0.15) is 44.1 Å². The molecule has 0 bridgehead atoms. The fourth-order valence-electron chi connectivity index (χ4n) is 3.49. The average molecular weight is 257 g/mol. The van der Waals surface area contributed by atoms with Crippen molar-refractivity contribution in [3.63, 3.8) is 0 Å². The van der Waals surface area contributed by atoms with Gasteiger partial charge in [0.25, 0.3) is 0 Å². The molecule has 0 spiro atoms. The van der Waals surface area contributed by atoms with E-state index in [9.17, 15) is 4.79 Å². The molecule has 2 aliphatic rings. The molecule has 1 fully saturated rings. The van der Waals surface area contributed by atoms with Crippen LogP contribution >= 0.6 is 0 Å². The first-order valence-corrected chi connectivity index (χ1v) is 7.70. The summed E-state index contributed by atoms with van der Waals surface area (Å²) >= 11 is 0. The van der Waals surface area contributed by atoms with E-state index < -0.39 is 0 Å². The molecule has 3 rings (SSSR count). The molecule has 1 aliphatic heterocycles. The highest BCUT2D eigenvalue weighted by atomic mass is 16.1. The number of ketones is 1. The Morgan fingerprint density at radius 3 is 2.89 bits per heavy atom. The van der Waals surface area contributed by atoms with Gasteiger partial charge in [-0.25, -0.2) is 0 Å². The molecule has 0 amide bonds. The van der Waals surface area contributed by atoms with Crippen LogP contribution in [0.5, 0.6) is 0 Å². The van der Waals surface area contributed by atoms with Gasteiger partial charge >= 0.3 is 0 Å². The first kappa shape index (κ1) is 12.7. The zero-order chi connectivity index (χ0) is 13.1. The topological polar surface area (TPSA) is 20.3 Å². The van der Waals surface area contributed by atoms with E-state index in [1.807, 2.05) is 0 Å². The van der Waals surface area contributed by atoms with Crippen molar-refractivity contribution < 1.29 is 4.79 Å². The maximum absolute atomic E-state index is 12.2. The number of aryl methyl sites for hydroxylation is 1. The van der Waals surface area contributed by atoms with Crippen molar-refractivity contribution in [1.82, 2.24) is 0 Å². The van der Waals surface area contributed by atoms with Gasteiger partial charge < -0.3 is 4.90 Å². The normalized spacial score (nSPS) is 23.9. The largest absolute Gasteiger partial charge is 0.371 e. The van der Waals surface area contributed by atoms with Crippen LogP contribution in [0.2, 0.25) is 0 Å². The van der Waals surface area contributed by atoms with Gasteiger partial charge in [-0.05, 0) is 37.3 Å². The number of fused-ring (bicyclic) bond motifs is 1. The molecule has 1 heterocycles. The summed E-state index contributed by atoms with van der Waals surface area (Å²) in [6, 6.07) is 8.69. The van der Waals surface area contributed by atoms with Crippen LogP contribution in [-0.2, 0) is 11.2 Å². The Morgan fingerprint density at radius 1 is 1.05 bits per heavy atom. The third kappa shape index (κ3) is 2.83. The van der Waals surface area contributed by atoms with Crippen LogP contribution in [0.25, 0.3) is 0 Å². The molecule has 102 valence electrons. The number of para-hydroxylation sites is 1. The van der Waals surface area contributed by atoms with E-state index in [1.54, 1.807) is 0 Å². The molecule has 1 atom stereocenters. The van der Waals surface area contributed by atoms with Crippen molar-refractivity contribution in [1.29, 1.82) is 0 Å². The summed E-state index contributed by atoms with van der Waals surface area (Å²) in [5.41, 5.74) is 2.82. The molecule has 2 nitrogen and oxygen atoms in total. The number of benzene rings is 1. The fraction of sp³-hybridized carbons (Fsp3) is 0.588. The molecule has 0 radical (unpaired) electrons. The van der Waals surface area contributed by atoms with E-state index in [1.165, 1.54) is 36.9 Å². The second-order valence-electron chi connectivity index (χ2n) is 5.94. The summed E-state index contributed by atoms with van der Waals surface area (Å²) in [6.45, 7) is 2.05. The summed E-state index contributed by atoms with van der Waals surface area (Å²) in [7, 11) is 0. The van der Waals surface area contributed by atoms with Crippen molar-refractivity contribution in [3.8, 4) is 0 Å². The van der Waals surface area contributed by atoms with Gasteiger partial charge in [0.05, 0.1) is 0 Å². The number of carbonyl (C=O) groups is 1. The van der Waals surface area contributed by atoms with Gasteiger partial charge in [0.2, 0.25) is 0 Å². The predicted octanol–water partition coefficient (Wildman–Crippen LogP) is 3.59. The van der Waals surface area contributed by atoms with Crippen molar-refractivity contribution in [2.24, 2.45) is 5.92 Å². The highest BCUT2D eigenvalue weighted by molar-refractivity contribution is 5.82. The highest BCUT2D eigenvalue weighted by Gasteiger charge is 2.25. The Kier molecular flexibility index (Phi) is 3.86. The maximum atomic E-state index is 12.2. The average Bonchev–Trinajstić information content (AvgIpc) is 2.65. The van der Waals surface area contributed by atoms with E-state index in [0.29, 0.717) is 5.78 Å². The Labute approximate surface area is 115 Å². The molecular weight excluding hydrogens is 234 g/mol.